The van der Waals surface area contributed by atoms with Gasteiger partial charge in [0.1, 0.15) is 5.82 Å². The molecular weight excluding hydrogens is 345 g/mol. The number of aliphatic hydroxyl groups is 1. The number of alkyl halides is 3. The van der Waals surface area contributed by atoms with Crippen molar-refractivity contribution in [3.63, 3.8) is 0 Å². The molecule has 2 aromatic rings. The maximum atomic E-state index is 13.0. The van der Waals surface area contributed by atoms with Gasteiger partial charge < -0.3 is 15.7 Å². The minimum atomic E-state index is -4.40. The Bertz CT molecular complexity index is 776. The van der Waals surface area contributed by atoms with Gasteiger partial charge in [-0.1, -0.05) is 6.07 Å². The summed E-state index contributed by atoms with van der Waals surface area (Å²) < 4.78 is 38.9. The molecular formula is C18H21F3N4O. The Kier molecular flexibility index (Phi) is 5.31. The first-order valence-electron chi connectivity index (χ1n) is 8.55. The fourth-order valence-electron chi connectivity index (χ4n) is 2.55. The summed E-state index contributed by atoms with van der Waals surface area (Å²) in [6.45, 7) is 2.32. The Hall–Kier alpha value is -2.35. The predicted molar refractivity (Wildman–Crippen MR) is 93.7 cm³/mol. The van der Waals surface area contributed by atoms with Crippen LogP contribution in [0, 0.1) is 6.92 Å². The van der Waals surface area contributed by atoms with Crippen LogP contribution >= 0.6 is 0 Å². The zero-order valence-corrected chi connectivity index (χ0v) is 14.4. The Labute approximate surface area is 149 Å². The maximum absolute atomic E-state index is 13.0. The summed E-state index contributed by atoms with van der Waals surface area (Å²) in [5, 5.41) is 14.9. The van der Waals surface area contributed by atoms with E-state index < -0.39 is 11.7 Å². The van der Waals surface area contributed by atoms with Crippen molar-refractivity contribution in [1.82, 2.24) is 9.97 Å². The molecule has 26 heavy (non-hydrogen) atoms. The van der Waals surface area contributed by atoms with Gasteiger partial charge in [-0.3, -0.25) is 0 Å². The van der Waals surface area contributed by atoms with Gasteiger partial charge in [-0.25, -0.2) is 4.98 Å². The summed E-state index contributed by atoms with van der Waals surface area (Å²) in [6.07, 6.45) is -1.73. The Morgan fingerprint density at radius 1 is 1.19 bits per heavy atom. The highest BCUT2D eigenvalue weighted by Gasteiger charge is 2.31. The first kappa shape index (κ1) is 18.4. The second kappa shape index (κ2) is 7.49. The van der Waals surface area contributed by atoms with Gasteiger partial charge in [0.05, 0.1) is 11.3 Å². The minimum Gasteiger partial charge on any atom is -0.396 e. The lowest BCUT2D eigenvalue weighted by Crippen LogP contribution is -2.10. The number of anilines is 3. The largest absolute Gasteiger partial charge is 0.416 e. The van der Waals surface area contributed by atoms with Crippen LogP contribution in [0.15, 0.2) is 24.3 Å². The number of hydrogen-bond donors (Lipinski definition) is 3. The average molecular weight is 366 g/mol. The van der Waals surface area contributed by atoms with E-state index in [-0.39, 0.29) is 6.61 Å². The van der Waals surface area contributed by atoms with E-state index >= 15 is 0 Å². The summed E-state index contributed by atoms with van der Waals surface area (Å²) in [7, 11) is 0. The third-order valence-corrected chi connectivity index (χ3v) is 4.19. The smallest absolute Gasteiger partial charge is 0.396 e. The van der Waals surface area contributed by atoms with Gasteiger partial charge >= 0.3 is 6.18 Å². The average Bonchev–Trinajstić information content (AvgIpc) is 3.41. The van der Waals surface area contributed by atoms with E-state index in [1.165, 1.54) is 6.07 Å². The molecule has 5 nitrogen and oxygen atoms in total. The zero-order valence-electron chi connectivity index (χ0n) is 14.4. The lowest BCUT2D eigenvalue weighted by molar-refractivity contribution is -0.137. The molecule has 8 heteroatoms. The van der Waals surface area contributed by atoms with Crippen LogP contribution in [0.25, 0.3) is 0 Å². The van der Waals surface area contributed by atoms with Crippen LogP contribution in [-0.2, 0) is 6.18 Å². The minimum absolute atomic E-state index is 0.0594. The number of hydrogen-bond acceptors (Lipinski definition) is 5. The quantitative estimate of drug-likeness (QED) is 0.640. The summed E-state index contributed by atoms with van der Waals surface area (Å²) in [4.78, 5) is 8.81. The molecule has 0 saturated heterocycles. The molecule has 1 aromatic carbocycles. The molecule has 0 atom stereocenters. The van der Waals surface area contributed by atoms with Crippen molar-refractivity contribution in [3.8, 4) is 0 Å². The highest BCUT2D eigenvalue weighted by Crippen LogP contribution is 2.40. The molecule has 1 aliphatic carbocycles. The van der Waals surface area contributed by atoms with Crippen LogP contribution in [0.1, 0.15) is 42.0 Å². The van der Waals surface area contributed by atoms with Crippen LogP contribution < -0.4 is 10.6 Å². The predicted octanol–water partition coefficient (Wildman–Crippen LogP) is 4.22. The Morgan fingerprint density at radius 3 is 2.62 bits per heavy atom. The first-order chi connectivity index (χ1) is 12.4. The summed E-state index contributed by atoms with van der Waals surface area (Å²) in [5.41, 5.74) is 1.22. The van der Waals surface area contributed by atoms with Crippen molar-refractivity contribution in [3.05, 3.63) is 41.1 Å². The molecule has 3 rings (SSSR count). The Morgan fingerprint density at radius 2 is 1.96 bits per heavy atom. The molecule has 0 amide bonds. The number of halogens is 3. The molecule has 140 valence electrons. The molecule has 0 aliphatic heterocycles. The zero-order chi connectivity index (χ0) is 18.7. The normalized spacial score (nSPS) is 14.3. The number of aryl methyl sites for hydroxylation is 1. The van der Waals surface area contributed by atoms with Crippen molar-refractivity contribution < 1.29 is 18.3 Å². The molecule has 0 unspecified atom stereocenters. The molecule has 0 radical (unpaired) electrons. The van der Waals surface area contributed by atoms with Gasteiger partial charge in [-0.15, -0.1) is 0 Å². The fraction of sp³-hybridized carbons (Fsp3) is 0.444. The Balaban J connectivity index is 1.86. The van der Waals surface area contributed by atoms with Crippen molar-refractivity contribution >= 4 is 17.5 Å². The van der Waals surface area contributed by atoms with Crippen LogP contribution in [0.5, 0.6) is 0 Å². The number of benzene rings is 1. The van der Waals surface area contributed by atoms with E-state index in [1.807, 2.05) is 0 Å². The van der Waals surface area contributed by atoms with Crippen molar-refractivity contribution in [2.24, 2.45) is 0 Å². The van der Waals surface area contributed by atoms with Gasteiger partial charge in [0.2, 0.25) is 5.95 Å². The van der Waals surface area contributed by atoms with Gasteiger partial charge in [0.25, 0.3) is 0 Å². The lowest BCUT2D eigenvalue weighted by atomic mass is 10.1. The van der Waals surface area contributed by atoms with Crippen molar-refractivity contribution in [1.29, 1.82) is 0 Å². The van der Waals surface area contributed by atoms with Gasteiger partial charge in [-0.05, 0) is 43.9 Å². The number of rotatable bonds is 7. The summed E-state index contributed by atoms with van der Waals surface area (Å²) in [5.74, 6) is 1.24. The molecule has 1 aromatic heterocycles. The SMILES string of the molecule is Cc1ccc(C(F)(F)F)cc1Nc1cc(C2CC2)nc(NCCCO)n1. The van der Waals surface area contributed by atoms with Crippen LogP contribution in [-0.4, -0.2) is 28.2 Å². The van der Waals surface area contributed by atoms with Crippen molar-refractivity contribution in [2.75, 3.05) is 23.8 Å². The van der Waals surface area contributed by atoms with Crippen LogP contribution in [0.3, 0.4) is 0 Å². The van der Waals surface area contributed by atoms with Gasteiger partial charge in [-0.2, -0.15) is 18.2 Å². The molecule has 1 saturated carbocycles. The highest BCUT2D eigenvalue weighted by molar-refractivity contribution is 5.63. The van der Waals surface area contributed by atoms with E-state index in [4.69, 9.17) is 5.11 Å². The highest BCUT2D eigenvalue weighted by atomic mass is 19.4. The molecule has 3 N–H and O–H groups in total. The van der Waals surface area contributed by atoms with Gasteiger partial charge in [0, 0.05) is 30.8 Å². The topological polar surface area (TPSA) is 70.1 Å². The third-order valence-electron chi connectivity index (χ3n) is 4.19. The molecule has 1 heterocycles. The van der Waals surface area contributed by atoms with E-state index in [2.05, 4.69) is 20.6 Å². The second-order valence-corrected chi connectivity index (χ2v) is 6.43. The van der Waals surface area contributed by atoms with Gasteiger partial charge in [0.15, 0.2) is 0 Å². The molecule has 1 fully saturated rings. The van der Waals surface area contributed by atoms with Crippen molar-refractivity contribution in [2.45, 2.75) is 38.3 Å². The van der Waals surface area contributed by atoms with E-state index in [0.29, 0.717) is 41.9 Å². The number of nitrogens with one attached hydrogen (secondary N) is 2. The first-order valence-corrected chi connectivity index (χ1v) is 8.55. The lowest BCUT2D eigenvalue weighted by Gasteiger charge is -2.14. The monoisotopic (exact) mass is 366 g/mol. The standard InChI is InChI=1S/C18H21F3N4O/c1-11-3-6-13(18(19,20)21)9-14(11)23-16-10-15(12-4-5-12)24-17(25-16)22-7-2-8-26/h3,6,9-10,12,26H,2,4-5,7-8H2,1H3,(H2,22,23,24,25). The van der Waals surface area contributed by atoms with Crippen LogP contribution in [0.2, 0.25) is 0 Å². The molecule has 0 spiro atoms. The number of aromatic nitrogens is 2. The summed E-state index contributed by atoms with van der Waals surface area (Å²) in [6, 6.07) is 5.38. The number of nitrogens with zero attached hydrogens (tertiary/aromatic N) is 2. The molecule has 0 bridgehead atoms. The molecule has 1 aliphatic rings. The third kappa shape index (κ3) is 4.63. The number of aliphatic hydroxyl groups excluding tert-OH is 1. The second-order valence-electron chi connectivity index (χ2n) is 6.43. The maximum Gasteiger partial charge on any atom is 0.416 e. The van der Waals surface area contributed by atoms with E-state index in [0.717, 1.165) is 30.7 Å². The van der Waals surface area contributed by atoms with E-state index in [9.17, 15) is 13.2 Å². The summed E-state index contributed by atoms with van der Waals surface area (Å²) >= 11 is 0. The van der Waals surface area contributed by atoms with Crippen LogP contribution in [0.4, 0.5) is 30.6 Å². The fourth-order valence-corrected chi connectivity index (χ4v) is 2.55. The van der Waals surface area contributed by atoms with E-state index in [1.54, 1.807) is 13.0 Å².